The van der Waals surface area contributed by atoms with Crippen molar-refractivity contribution < 1.29 is 9.90 Å². The molecule has 3 N–H and O–H groups in total. The number of carbonyl (C=O) groups is 1. The number of aliphatic carboxylic acids is 1. The molecular weight excluding hydrogens is 144 g/mol. The number of carboxylic acids is 1. The summed E-state index contributed by atoms with van der Waals surface area (Å²) in [5, 5.41) is 8.32. The zero-order valence-electron chi connectivity index (χ0n) is 6.82. The number of rotatable bonds is 4. The van der Waals surface area contributed by atoms with Gasteiger partial charge in [-0.15, -0.1) is 0 Å². The van der Waals surface area contributed by atoms with E-state index in [0.717, 1.165) is 0 Å². The van der Waals surface area contributed by atoms with Crippen molar-refractivity contribution in [1.82, 2.24) is 4.90 Å². The van der Waals surface area contributed by atoms with Crippen LogP contribution in [0.1, 0.15) is 6.42 Å². The molecule has 0 aliphatic heterocycles. The minimum Gasteiger partial charge on any atom is -0.481 e. The second kappa shape index (κ2) is 4.73. The predicted molar refractivity (Wildman–Crippen MR) is 43.1 cm³/mol. The fourth-order valence-electron chi connectivity index (χ4n) is 0.552. The molecule has 0 aromatic heterocycles. The second-order valence-corrected chi connectivity index (χ2v) is 2.57. The van der Waals surface area contributed by atoms with Gasteiger partial charge in [-0.05, 0) is 6.20 Å². The predicted octanol–water partition coefficient (Wildman–Crippen LogP) is -0.136. The zero-order valence-corrected chi connectivity index (χ0v) is 6.82. The average molecular weight is 158 g/mol. The fourth-order valence-corrected chi connectivity index (χ4v) is 0.552. The zero-order chi connectivity index (χ0) is 8.85. The van der Waals surface area contributed by atoms with E-state index in [4.69, 9.17) is 10.8 Å². The number of hydrogen-bond donors (Lipinski definition) is 2. The highest BCUT2D eigenvalue weighted by Gasteiger charge is 2.02. The van der Waals surface area contributed by atoms with Crippen LogP contribution >= 0.6 is 0 Å². The molecule has 4 nitrogen and oxygen atoms in total. The Balaban J connectivity index is 3.68. The lowest BCUT2D eigenvalue weighted by atomic mass is 10.2. The number of nitrogens with zero attached hydrogens (tertiary/aromatic N) is 1. The molecule has 0 saturated carbocycles. The van der Waals surface area contributed by atoms with E-state index in [-0.39, 0.29) is 6.42 Å². The van der Waals surface area contributed by atoms with E-state index in [2.05, 4.69) is 0 Å². The van der Waals surface area contributed by atoms with E-state index in [1.54, 1.807) is 12.3 Å². The van der Waals surface area contributed by atoms with Crippen LogP contribution in [0, 0.1) is 0 Å². The number of hydrogen-bond acceptors (Lipinski definition) is 3. The highest BCUT2D eigenvalue weighted by molar-refractivity contribution is 5.67. The summed E-state index contributed by atoms with van der Waals surface area (Å²) in [5.74, 6) is -0.874. The third-order valence-corrected chi connectivity index (χ3v) is 1.04. The minimum absolute atomic E-state index is 0.0235. The third kappa shape index (κ3) is 6.86. The van der Waals surface area contributed by atoms with Crippen LogP contribution in [0.2, 0.25) is 0 Å². The fraction of sp³-hybridized carbons (Fsp3) is 0.571. The topological polar surface area (TPSA) is 66.6 Å². The summed E-state index contributed by atoms with van der Waals surface area (Å²) in [5.41, 5.74) is 5.43. The Morgan fingerprint density at radius 1 is 1.73 bits per heavy atom. The van der Waals surface area contributed by atoms with Crippen molar-refractivity contribution in [2.24, 2.45) is 5.73 Å². The van der Waals surface area contributed by atoms with Crippen LogP contribution in [0.3, 0.4) is 0 Å². The van der Waals surface area contributed by atoms with E-state index >= 15 is 0 Å². The van der Waals surface area contributed by atoms with E-state index in [9.17, 15) is 4.79 Å². The summed E-state index contributed by atoms with van der Waals surface area (Å²) in [7, 11) is 3.70. The molecule has 0 aliphatic carbocycles. The highest BCUT2D eigenvalue weighted by Crippen LogP contribution is 1.90. The molecule has 0 rings (SSSR count). The van der Waals surface area contributed by atoms with Gasteiger partial charge < -0.3 is 15.7 Å². The highest BCUT2D eigenvalue weighted by atomic mass is 16.4. The van der Waals surface area contributed by atoms with Crippen LogP contribution in [0.5, 0.6) is 0 Å². The lowest BCUT2D eigenvalue weighted by molar-refractivity contribution is -0.137. The van der Waals surface area contributed by atoms with Crippen LogP contribution < -0.4 is 5.73 Å². The second-order valence-electron chi connectivity index (χ2n) is 2.57. The lowest BCUT2D eigenvalue weighted by Gasteiger charge is -2.06. The molecule has 0 amide bonds. The largest absolute Gasteiger partial charge is 0.481 e. The Morgan fingerprint density at radius 2 is 2.27 bits per heavy atom. The summed E-state index contributed by atoms with van der Waals surface area (Å²) in [6, 6.07) is -0.394. The van der Waals surface area contributed by atoms with Gasteiger partial charge in [0.05, 0.1) is 6.42 Å². The molecule has 0 aromatic rings. The first kappa shape index (κ1) is 9.97. The molecule has 4 heteroatoms. The SMILES string of the molecule is CN(C)C=CC(N)CC(=O)O. The Labute approximate surface area is 66.3 Å². The van der Waals surface area contributed by atoms with Crippen molar-refractivity contribution in [3.63, 3.8) is 0 Å². The Hall–Kier alpha value is -1.03. The molecule has 0 bridgehead atoms. The first-order valence-corrected chi connectivity index (χ1v) is 3.34. The maximum atomic E-state index is 10.1. The summed E-state index contributed by atoms with van der Waals surface area (Å²) in [6.07, 6.45) is 3.38. The van der Waals surface area contributed by atoms with Gasteiger partial charge in [0.15, 0.2) is 0 Å². The minimum atomic E-state index is -0.874. The first-order valence-electron chi connectivity index (χ1n) is 3.34. The van der Waals surface area contributed by atoms with Crippen molar-refractivity contribution in [2.75, 3.05) is 14.1 Å². The van der Waals surface area contributed by atoms with Crippen LogP contribution in [0.15, 0.2) is 12.3 Å². The maximum absolute atomic E-state index is 10.1. The average Bonchev–Trinajstić information content (AvgIpc) is 1.82. The van der Waals surface area contributed by atoms with Crippen LogP contribution in [0.4, 0.5) is 0 Å². The lowest BCUT2D eigenvalue weighted by Crippen LogP contribution is -2.21. The van der Waals surface area contributed by atoms with Gasteiger partial charge in [0.2, 0.25) is 0 Å². The summed E-state index contributed by atoms with van der Waals surface area (Å²) < 4.78 is 0. The summed E-state index contributed by atoms with van der Waals surface area (Å²) in [6.45, 7) is 0. The molecule has 0 heterocycles. The van der Waals surface area contributed by atoms with Crippen LogP contribution in [-0.4, -0.2) is 36.1 Å². The molecule has 0 radical (unpaired) electrons. The van der Waals surface area contributed by atoms with Gasteiger partial charge in [-0.2, -0.15) is 0 Å². The van der Waals surface area contributed by atoms with Gasteiger partial charge in [0.1, 0.15) is 0 Å². The molecule has 1 unspecified atom stereocenters. The summed E-state index contributed by atoms with van der Waals surface area (Å²) >= 11 is 0. The standard InChI is InChI=1S/C7H14N2O2/c1-9(2)4-3-6(8)5-7(10)11/h3-4,6H,5,8H2,1-2H3,(H,10,11). The first-order chi connectivity index (χ1) is 5.02. The van der Waals surface area contributed by atoms with Gasteiger partial charge in [0, 0.05) is 20.1 Å². The molecular formula is C7H14N2O2. The van der Waals surface area contributed by atoms with Crippen LogP contribution in [-0.2, 0) is 4.79 Å². The Bertz CT molecular complexity index is 155. The van der Waals surface area contributed by atoms with Crippen molar-refractivity contribution in [3.8, 4) is 0 Å². The molecule has 0 fully saturated rings. The molecule has 11 heavy (non-hydrogen) atoms. The molecule has 0 saturated heterocycles. The number of carboxylic acid groups (broad SMARTS) is 1. The van der Waals surface area contributed by atoms with Crippen LogP contribution in [0.25, 0.3) is 0 Å². The van der Waals surface area contributed by atoms with E-state index in [1.807, 2.05) is 19.0 Å². The molecule has 0 aliphatic rings. The third-order valence-electron chi connectivity index (χ3n) is 1.04. The monoisotopic (exact) mass is 158 g/mol. The van der Waals surface area contributed by atoms with E-state index in [1.165, 1.54) is 0 Å². The normalized spacial score (nSPS) is 13.4. The smallest absolute Gasteiger partial charge is 0.305 e. The van der Waals surface area contributed by atoms with Crippen molar-refractivity contribution in [3.05, 3.63) is 12.3 Å². The van der Waals surface area contributed by atoms with E-state index < -0.39 is 12.0 Å². The Morgan fingerprint density at radius 3 is 2.64 bits per heavy atom. The molecule has 1 atom stereocenters. The van der Waals surface area contributed by atoms with Crippen molar-refractivity contribution in [1.29, 1.82) is 0 Å². The van der Waals surface area contributed by atoms with Gasteiger partial charge in [-0.25, -0.2) is 0 Å². The quantitative estimate of drug-likeness (QED) is 0.597. The van der Waals surface area contributed by atoms with Gasteiger partial charge in [0.25, 0.3) is 0 Å². The van der Waals surface area contributed by atoms with Crippen molar-refractivity contribution in [2.45, 2.75) is 12.5 Å². The summed E-state index contributed by atoms with van der Waals surface area (Å²) in [4.78, 5) is 11.9. The maximum Gasteiger partial charge on any atom is 0.305 e. The molecule has 64 valence electrons. The molecule has 0 spiro atoms. The van der Waals surface area contributed by atoms with Gasteiger partial charge in [-0.1, -0.05) is 6.08 Å². The number of nitrogens with two attached hydrogens (primary N) is 1. The van der Waals surface area contributed by atoms with Gasteiger partial charge in [-0.3, -0.25) is 4.79 Å². The molecule has 0 aromatic carbocycles. The van der Waals surface area contributed by atoms with E-state index in [0.29, 0.717) is 0 Å². The van der Waals surface area contributed by atoms with Crippen molar-refractivity contribution >= 4 is 5.97 Å². The van der Waals surface area contributed by atoms with Gasteiger partial charge >= 0.3 is 5.97 Å². The Kier molecular flexibility index (Phi) is 4.29.